The molecule has 0 aliphatic carbocycles. The second-order valence-corrected chi connectivity index (χ2v) is 8.70. The van der Waals surface area contributed by atoms with Crippen molar-refractivity contribution in [3.05, 3.63) is 69.8 Å². The van der Waals surface area contributed by atoms with Crippen LogP contribution in [0.5, 0.6) is 0 Å². The van der Waals surface area contributed by atoms with Gasteiger partial charge in [-0.1, -0.05) is 0 Å². The molecule has 1 spiro atoms. The van der Waals surface area contributed by atoms with Crippen LogP contribution < -0.4 is 10.3 Å². The topological polar surface area (TPSA) is 70.0 Å². The first-order valence-corrected chi connectivity index (χ1v) is 11.3. The number of fused-ring (bicyclic) bond motifs is 1. The standard InChI is InChI=1S/C25H23F3N2O5/c1-3-33-24(32)17-11-30(20-5-4-15(26)8-18(20)27)21-10-22(19(28)9-16(21)23(17)31)29-7-6-25(13-29)34-12-14(2)35-25/h4-5,8-11,14H,3,6-7,12-13H2,1-2H3. The van der Waals surface area contributed by atoms with Crippen LogP contribution in [0.4, 0.5) is 18.9 Å². The molecule has 2 aliphatic rings. The number of carbonyl (C=O) groups is 1. The first kappa shape index (κ1) is 23.4. The Morgan fingerprint density at radius 3 is 2.63 bits per heavy atom. The van der Waals surface area contributed by atoms with Crippen molar-refractivity contribution >= 4 is 22.6 Å². The van der Waals surface area contributed by atoms with Crippen LogP contribution in [0.25, 0.3) is 16.6 Å². The van der Waals surface area contributed by atoms with Crippen LogP contribution in [0.15, 0.2) is 41.3 Å². The molecule has 1 aromatic heterocycles. The molecule has 184 valence electrons. The number of hydrogen-bond acceptors (Lipinski definition) is 6. The predicted molar refractivity (Wildman–Crippen MR) is 121 cm³/mol. The number of hydrogen-bond donors (Lipinski definition) is 0. The molecule has 2 fully saturated rings. The predicted octanol–water partition coefficient (Wildman–Crippen LogP) is 3.93. The number of esters is 1. The quantitative estimate of drug-likeness (QED) is 0.519. The number of pyridine rings is 1. The van der Waals surface area contributed by atoms with Crippen molar-refractivity contribution in [2.75, 3.05) is 31.2 Å². The second-order valence-electron chi connectivity index (χ2n) is 8.70. The molecule has 0 N–H and O–H groups in total. The summed E-state index contributed by atoms with van der Waals surface area (Å²) in [4.78, 5) is 27.3. The van der Waals surface area contributed by atoms with Crippen LogP contribution in [-0.2, 0) is 14.2 Å². The minimum absolute atomic E-state index is 0.00792. The van der Waals surface area contributed by atoms with E-state index in [2.05, 4.69) is 0 Å². The van der Waals surface area contributed by atoms with Gasteiger partial charge in [-0.2, -0.15) is 0 Å². The minimum Gasteiger partial charge on any atom is -0.462 e. The van der Waals surface area contributed by atoms with Gasteiger partial charge in [0.1, 0.15) is 23.0 Å². The molecule has 0 bridgehead atoms. The summed E-state index contributed by atoms with van der Waals surface area (Å²) in [6.07, 6.45) is 1.58. The fraction of sp³-hybridized carbons (Fsp3) is 0.360. The summed E-state index contributed by atoms with van der Waals surface area (Å²) in [5, 5.41) is -0.142. The molecular formula is C25H23F3N2O5. The summed E-state index contributed by atoms with van der Waals surface area (Å²) < 4.78 is 61.6. The van der Waals surface area contributed by atoms with E-state index in [4.69, 9.17) is 14.2 Å². The van der Waals surface area contributed by atoms with Gasteiger partial charge < -0.3 is 23.7 Å². The summed E-state index contributed by atoms with van der Waals surface area (Å²) >= 11 is 0. The van der Waals surface area contributed by atoms with Crippen LogP contribution in [0.1, 0.15) is 30.6 Å². The van der Waals surface area contributed by atoms with Gasteiger partial charge in [-0.15, -0.1) is 0 Å². The smallest absolute Gasteiger partial charge is 0.343 e. The highest BCUT2D eigenvalue weighted by Gasteiger charge is 2.46. The van der Waals surface area contributed by atoms with E-state index >= 15 is 4.39 Å². The fourth-order valence-corrected chi connectivity index (χ4v) is 4.68. The van der Waals surface area contributed by atoms with Gasteiger partial charge in [-0.25, -0.2) is 18.0 Å². The largest absolute Gasteiger partial charge is 0.462 e. The number of halogens is 3. The van der Waals surface area contributed by atoms with Crippen molar-refractivity contribution in [1.82, 2.24) is 4.57 Å². The molecule has 35 heavy (non-hydrogen) atoms. The van der Waals surface area contributed by atoms with Crippen molar-refractivity contribution in [2.24, 2.45) is 0 Å². The molecule has 0 amide bonds. The highest BCUT2D eigenvalue weighted by atomic mass is 19.1. The molecule has 2 atom stereocenters. The Labute approximate surface area is 198 Å². The number of carbonyl (C=O) groups excluding carboxylic acids is 1. The van der Waals surface area contributed by atoms with Gasteiger partial charge in [0.05, 0.1) is 42.8 Å². The van der Waals surface area contributed by atoms with Gasteiger partial charge in [-0.05, 0) is 38.1 Å². The van der Waals surface area contributed by atoms with E-state index in [-0.39, 0.29) is 41.5 Å². The lowest BCUT2D eigenvalue weighted by molar-refractivity contribution is -0.148. The van der Waals surface area contributed by atoms with Gasteiger partial charge in [-0.3, -0.25) is 4.79 Å². The van der Waals surface area contributed by atoms with Crippen LogP contribution in [0.2, 0.25) is 0 Å². The average molecular weight is 488 g/mol. The lowest BCUT2D eigenvalue weighted by Gasteiger charge is -2.25. The van der Waals surface area contributed by atoms with Crippen molar-refractivity contribution in [2.45, 2.75) is 32.2 Å². The molecule has 2 saturated heterocycles. The molecule has 10 heteroatoms. The summed E-state index contributed by atoms with van der Waals surface area (Å²) in [6.45, 7) is 4.62. The molecule has 2 aliphatic heterocycles. The molecule has 3 heterocycles. The summed E-state index contributed by atoms with van der Waals surface area (Å²) in [6, 6.07) is 5.36. The van der Waals surface area contributed by atoms with E-state index in [9.17, 15) is 18.4 Å². The van der Waals surface area contributed by atoms with Crippen LogP contribution >= 0.6 is 0 Å². The number of rotatable bonds is 4. The Morgan fingerprint density at radius 2 is 1.94 bits per heavy atom. The van der Waals surface area contributed by atoms with Crippen molar-refractivity contribution in [1.29, 1.82) is 0 Å². The van der Waals surface area contributed by atoms with Gasteiger partial charge >= 0.3 is 5.97 Å². The number of nitrogens with zero attached hydrogens (tertiary/aromatic N) is 2. The highest BCUT2D eigenvalue weighted by Crippen LogP contribution is 2.37. The van der Waals surface area contributed by atoms with Gasteiger partial charge in [0.25, 0.3) is 0 Å². The maximum absolute atomic E-state index is 15.3. The van der Waals surface area contributed by atoms with E-state index in [0.717, 1.165) is 18.3 Å². The monoisotopic (exact) mass is 488 g/mol. The van der Waals surface area contributed by atoms with Crippen molar-refractivity contribution in [3.63, 3.8) is 0 Å². The Bertz CT molecular complexity index is 1390. The van der Waals surface area contributed by atoms with Crippen LogP contribution in [0.3, 0.4) is 0 Å². The lowest BCUT2D eigenvalue weighted by Crippen LogP contribution is -2.35. The van der Waals surface area contributed by atoms with Gasteiger partial charge in [0, 0.05) is 30.6 Å². The van der Waals surface area contributed by atoms with Gasteiger partial charge in [0.2, 0.25) is 5.43 Å². The molecule has 0 radical (unpaired) electrons. The summed E-state index contributed by atoms with van der Waals surface area (Å²) in [5.41, 5.74) is -0.948. The first-order chi connectivity index (χ1) is 16.7. The van der Waals surface area contributed by atoms with Gasteiger partial charge in [0.15, 0.2) is 5.79 Å². The minimum atomic E-state index is -0.925. The Morgan fingerprint density at radius 1 is 1.17 bits per heavy atom. The fourth-order valence-electron chi connectivity index (χ4n) is 4.68. The normalized spacial score (nSPS) is 21.9. The zero-order chi connectivity index (χ0) is 24.9. The van der Waals surface area contributed by atoms with Crippen LogP contribution in [0, 0.1) is 17.5 Å². The third kappa shape index (κ3) is 4.06. The number of anilines is 1. The number of ether oxygens (including phenoxy) is 3. The molecule has 3 aromatic rings. The Kier molecular flexibility index (Phi) is 5.80. The molecule has 0 saturated carbocycles. The van der Waals surface area contributed by atoms with E-state index in [1.54, 1.807) is 11.8 Å². The summed E-state index contributed by atoms with van der Waals surface area (Å²) in [5.74, 6) is -4.16. The zero-order valence-electron chi connectivity index (χ0n) is 19.1. The van der Waals surface area contributed by atoms with E-state index in [0.29, 0.717) is 25.6 Å². The second kappa shape index (κ2) is 8.69. The number of benzene rings is 2. The molecule has 7 nitrogen and oxygen atoms in total. The molecular weight excluding hydrogens is 465 g/mol. The van der Waals surface area contributed by atoms with Crippen LogP contribution in [-0.4, -0.2) is 48.7 Å². The van der Waals surface area contributed by atoms with E-state index < -0.39 is 40.2 Å². The lowest BCUT2D eigenvalue weighted by atomic mass is 10.1. The average Bonchev–Trinajstić information content (AvgIpc) is 3.39. The third-order valence-electron chi connectivity index (χ3n) is 6.27. The first-order valence-electron chi connectivity index (χ1n) is 11.3. The zero-order valence-corrected chi connectivity index (χ0v) is 19.1. The Balaban J connectivity index is 1.69. The van der Waals surface area contributed by atoms with E-state index in [1.807, 2.05) is 6.92 Å². The highest BCUT2D eigenvalue weighted by molar-refractivity contribution is 5.95. The maximum Gasteiger partial charge on any atom is 0.343 e. The van der Waals surface area contributed by atoms with E-state index in [1.165, 1.54) is 16.7 Å². The SMILES string of the molecule is CCOC(=O)c1cn(-c2ccc(F)cc2F)c2cc(N3CCC4(C3)OCC(C)O4)c(F)cc2c1=O. The van der Waals surface area contributed by atoms with Crippen molar-refractivity contribution < 1.29 is 32.2 Å². The molecule has 5 rings (SSSR count). The third-order valence-corrected chi connectivity index (χ3v) is 6.27. The summed E-state index contributed by atoms with van der Waals surface area (Å²) in [7, 11) is 0. The van der Waals surface area contributed by atoms with Crippen molar-refractivity contribution in [3.8, 4) is 5.69 Å². The molecule has 2 aromatic carbocycles. The maximum atomic E-state index is 15.3. The Hall–Kier alpha value is -3.37. The molecule has 2 unspecified atom stereocenters. The number of aromatic nitrogens is 1.